The largest absolute Gasteiger partial charge is 0.454 e. The number of esters is 1. The number of aromatic nitrogens is 1. The van der Waals surface area contributed by atoms with Gasteiger partial charge in [-0.1, -0.05) is 47.0 Å². The Morgan fingerprint density at radius 2 is 1.67 bits per heavy atom. The second-order valence-corrected chi connectivity index (χ2v) is 13.5. The van der Waals surface area contributed by atoms with Crippen LogP contribution in [0.5, 0.6) is 0 Å². The molecule has 1 saturated heterocycles. The lowest BCUT2D eigenvalue weighted by molar-refractivity contribution is -0.123. The van der Waals surface area contributed by atoms with Crippen LogP contribution in [-0.4, -0.2) is 35.2 Å². The fourth-order valence-corrected chi connectivity index (χ4v) is 7.81. The highest BCUT2D eigenvalue weighted by Crippen LogP contribution is 2.56. The van der Waals surface area contributed by atoms with Crippen molar-refractivity contribution in [2.75, 3.05) is 11.5 Å². The molecule has 2 bridgehead atoms. The van der Waals surface area contributed by atoms with E-state index in [0.717, 1.165) is 6.42 Å². The molecule has 2 fully saturated rings. The predicted octanol–water partition coefficient (Wildman–Crippen LogP) is 8.02. The fraction of sp³-hybridized carbons (Fsp3) is 0.229. The van der Waals surface area contributed by atoms with Crippen LogP contribution < -0.4 is 4.90 Å². The number of hydrogen-bond donors (Lipinski definition) is 0. The summed E-state index contributed by atoms with van der Waals surface area (Å²) in [6.45, 7) is 3.39. The van der Waals surface area contributed by atoms with Gasteiger partial charge in [0.25, 0.3) is 0 Å². The van der Waals surface area contributed by atoms with Gasteiger partial charge in [-0.2, -0.15) is 0 Å². The Balaban J connectivity index is 1.20. The fourth-order valence-electron chi connectivity index (χ4n) is 7.01. The number of allylic oxidation sites excluding steroid dienone is 2. The molecular weight excluding hydrogens is 679 g/mol. The van der Waals surface area contributed by atoms with Crippen LogP contribution in [0.25, 0.3) is 22.2 Å². The Hall–Kier alpha value is -3.85. The van der Waals surface area contributed by atoms with Crippen LogP contribution >= 0.6 is 39.1 Å². The minimum atomic E-state index is -0.700. The summed E-state index contributed by atoms with van der Waals surface area (Å²) in [6.07, 6.45) is 3.02. The summed E-state index contributed by atoms with van der Waals surface area (Å²) in [7, 11) is 0. The van der Waals surface area contributed by atoms with Crippen molar-refractivity contribution in [3.63, 3.8) is 0 Å². The van der Waals surface area contributed by atoms with Crippen LogP contribution in [0.4, 0.5) is 5.69 Å². The normalized spacial score (nSPS) is 21.8. The number of aryl methyl sites for hydroxylation is 1. The minimum absolute atomic E-state index is 0.122. The molecular formula is C35H25BrCl2N2O5. The highest BCUT2D eigenvalue weighted by molar-refractivity contribution is 9.10. The summed E-state index contributed by atoms with van der Waals surface area (Å²) in [5, 5.41) is 1.45. The molecule has 45 heavy (non-hydrogen) atoms. The first-order valence-electron chi connectivity index (χ1n) is 14.4. The number of rotatable bonds is 6. The first kappa shape index (κ1) is 29.8. The van der Waals surface area contributed by atoms with Crippen molar-refractivity contribution in [2.45, 2.75) is 20.3 Å². The highest BCUT2D eigenvalue weighted by Gasteiger charge is 2.60. The number of ether oxygens (including phenoxy) is 1. The van der Waals surface area contributed by atoms with Gasteiger partial charge in [-0.05, 0) is 102 Å². The van der Waals surface area contributed by atoms with Gasteiger partial charge in [-0.15, -0.1) is 0 Å². The van der Waals surface area contributed by atoms with Crippen LogP contribution in [-0.2, 0) is 14.3 Å². The van der Waals surface area contributed by atoms with Crippen LogP contribution in [0.1, 0.15) is 39.6 Å². The van der Waals surface area contributed by atoms with E-state index in [0.29, 0.717) is 53.5 Å². The molecule has 0 N–H and O–H groups in total. The van der Waals surface area contributed by atoms with Gasteiger partial charge in [-0.3, -0.25) is 19.3 Å². The molecule has 3 aromatic carbocycles. The second-order valence-electron chi connectivity index (χ2n) is 11.8. The molecule has 3 aliphatic rings. The number of pyridine rings is 1. The Kier molecular flexibility index (Phi) is 7.42. The van der Waals surface area contributed by atoms with E-state index in [-0.39, 0.29) is 46.8 Å². The number of nitrogens with zero attached hydrogens (tertiary/aromatic N) is 2. The van der Waals surface area contributed by atoms with Gasteiger partial charge in [-0.25, -0.2) is 9.78 Å². The molecule has 7 rings (SSSR count). The van der Waals surface area contributed by atoms with E-state index in [1.165, 1.54) is 10.5 Å². The second kappa shape index (κ2) is 11.2. The first-order chi connectivity index (χ1) is 21.5. The van der Waals surface area contributed by atoms with Gasteiger partial charge in [0.2, 0.25) is 11.8 Å². The van der Waals surface area contributed by atoms with Gasteiger partial charge in [0, 0.05) is 26.0 Å². The molecule has 0 radical (unpaired) electrons. The van der Waals surface area contributed by atoms with Gasteiger partial charge < -0.3 is 4.74 Å². The number of amides is 2. The monoisotopic (exact) mass is 702 g/mol. The van der Waals surface area contributed by atoms with Crippen molar-refractivity contribution in [1.29, 1.82) is 0 Å². The van der Waals surface area contributed by atoms with Crippen molar-refractivity contribution in [2.24, 2.45) is 23.7 Å². The number of hydrogen-bond acceptors (Lipinski definition) is 6. The Morgan fingerprint density at radius 3 is 2.38 bits per heavy atom. The topological polar surface area (TPSA) is 93.6 Å². The third-order valence-electron chi connectivity index (χ3n) is 9.25. The van der Waals surface area contributed by atoms with Gasteiger partial charge >= 0.3 is 5.97 Å². The number of halogens is 3. The summed E-state index contributed by atoms with van der Waals surface area (Å²) in [5.74, 6) is -1.68. The van der Waals surface area contributed by atoms with E-state index in [9.17, 15) is 19.2 Å². The van der Waals surface area contributed by atoms with Crippen molar-refractivity contribution >= 4 is 79.3 Å². The molecule has 4 atom stereocenters. The number of anilines is 1. The average molecular weight is 704 g/mol. The number of benzene rings is 3. The molecule has 2 heterocycles. The molecule has 4 unspecified atom stereocenters. The summed E-state index contributed by atoms with van der Waals surface area (Å²) < 4.78 is 6.06. The molecule has 2 aliphatic carbocycles. The number of imide groups is 1. The quantitative estimate of drug-likeness (QED) is 0.0874. The van der Waals surface area contributed by atoms with Crippen molar-refractivity contribution in [3.8, 4) is 11.3 Å². The molecule has 1 saturated carbocycles. The zero-order valence-corrected chi connectivity index (χ0v) is 27.2. The molecule has 0 spiro atoms. The van der Waals surface area contributed by atoms with E-state index in [1.54, 1.807) is 67.6 Å². The number of Topliss-reactive ketones (excluding diaryl/α,β-unsaturated/α-hetero) is 1. The van der Waals surface area contributed by atoms with E-state index in [2.05, 4.69) is 22.0 Å². The molecule has 4 aromatic rings. The minimum Gasteiger partial charge on any atom is -0.454 e. The Morgan fingerprint density at radius 1 is 0.978 bits per heavy atom. The summed E-state index contributed by atoms with van der Waals surface area (Å²) in [6, 6.07) is 16.6. The van der Waals surface area contributed by atoms with E-state index >= 15 is 0 Å². The summed E-state index contributed by atoms with van der Waals surface area (Å²) in [4.78, 5) is 59.1. The molecule has 226 valence electrons. The van der Waals surface area contributed by atoms with Crippen LogP contribution in [0.2, 0.25) is 10.0 Å². The maximum atomic E-state index is 13.5. The number of fused-ring (bicyclic) bond motifs is 6. The van der Waals surface area contributed by atoms with Crippen molar-refractivity contribution < 1.29 is 23.9 Å². The molecule has 10 heteroatoms. The van der Waals surface area contributed by atoms with Gasteiger partial charge in [0.05, 0.1) is 39.3 Å². The standard InChI is InChI=1S/C35H25BrCl2N2O5/c1-16-11-20-12-23(16)30-29(20)33(42)40(34(30)43)22-9-5-18(6-10-22)27-14-25(24-13-26(36)31(38)17(2)32(24)39-27)35(44)45-15-28(41)19-3-7-21(37)8-4-19/h3-11,13-14,20,23,29-30H,12,15H2,1-2H3. The van der Waals surface area contributed by atoms with Crippen LogP contribution in [0, 0.1) is 30.6 Å². The zero-order valence-electron chi connectivity index (χ0n) is 24.1. The summed E-state index contributed by atoms with van der Waals surface area (Å²) >= 11 is 15.9. The number of ketones is 1. The van der Waals surface area contributed by atoms with E-state index in [4.69, 9.17) is 32.9 Å². The lowest BCUT2D eigenvalue weighted by Crippen LogP contribution is -2.32. The maximum Gasteiger partial charge on any atom is 0.339 e. The van der Waals surface area contributed by atoms with Crippen molar-refractivity contribution in [3.05, 3.63) is 104 Å². The Bertz CT molecular complexity index is 1990. The third kappa shape index (κ3) is 4.90. The molecule has 1 aliphatic heterocycles. The van der Waals surface area contributed by atoms with Crippen LogP contribution in [0.15, 0.2) is 76.8 Å². The molecule has 1 aromatic heterocycles. The predicted molar refractivity (Wildman–Crippen MR) is 176 cm³/mol. The average Bonchev–Trinajstić information content (AvgIpc) is 3.68. The number of carbonyl (C=O) groups is 4. The highest BCUT2D eigenvalue weighted by atomic mass is 79.9. The van der Waals surface area contributed by atoms with Gasteiger partial charge in [0.15, 0.2) is 12.4 Å². The summed E-state index contributed by atoms with van der Waals surface area (Å²) in [5.41, 5.74) is 4.55. The lowest BCUT2D eigenvalue weighted by Gasteiger charge is -2.19. The zero-order chi connectivity index (χ0) is 31.7. The SMILES string of the molecule is CC1=CC2CC1C1C(=O)N(c3ccc(-c4cc(C(=O)OCC(=O)c5ccc(Cl)cc5)c5cc(Br)c(Cl)c(C)c5n4)cc3)C(=O)C21. The smallest absolute Gasteiger partial charge is 0.339 e. The maximum absolute atomic E-state index is 13.5. The molecule has 2 amide bonds. The third-order valence-corrected chi connectivity index (χ3v) is 10.8. The van der Waals surface area contributed by atoms with Gasteiger partial charge in [0.1, 0.15) is 0 Å². The number of carbonyl (C=O) groups excluding carboxylic acids is 4. The first-order valence-corrected chi connectivity index (χ1v) is 16.0. The van der Waals surface area contributed by atoms with Crippen molar-refractivity contribution in [1.82, 2.24) is 4.98 Å². The Labute approximate surface area is 277 Å². The lowest BCUT2D eigenvalue weighted by atomic mass is 9.82. The molecule has 7 nitrogen and oxygen atoms in total. The van der Waals surface area contributed by atoms with Crippen LogP contribution in [0.3, 0.4) is 0 Å². The van der Waals surface area contributed by atoms with E-state index < -0.39 is 12.6 Å². The van der Waals surface area contributed by atoms with E-state index in [1.807, 2.05) is 6.92 Å².